The number of fused-ring (bicyclic) bond motifs is 1. The minimum Gasteiger partial charge on any atom is -0.324 e. The number of pyridine rings is 1. The molecule has 3 heterocycles. The summed E-state index contributed by atoms with van der Waals surface area (Å²) < 4.78 is 55.8. The highest BCUT2D eigenvalue weighted by Crippen LogP contribution is 2.32. The predicted octanol–water partition coefficient (Wildman–Crippen LogP) is 4.51. The van der Waals surface area contributed by atoms with Crippen molar-refractivity contribution in [3.63, 3.8) is 0 Å². The number of amides is 1. The summed E-state index contributed by atoms with van der Waals surface area (Å²) in [5.74, 6) is -2.40. The Hall–Kier alpha value is -3.71. The van der Waals surface area contributed by atoms with Gasteiger partial charge in [-0.05, 0) is 30.7 Å². The monoisotopic (exact) mass is 504 g/mol. The van der Waals surface area contributed by atoms with Crippen LogP contribution in [-0.2, 0) is 10.0 Å². The Balaban J connectivity index is 1.63. The number of carbonyl (C=O) groups excluding carboxylic acids is 1. The van der Waals surface area contributed by atoms with Gasteiger partial charge in [-0.15, -0.1) is 11.3 Å². The van der Waals surface area contributed by atoms with Crippen LogP contribution in [-0.4, -0.2) is 35.0 Å². The summed E-state index contributed by atoms with van der Waals surface area (Å²) in [6, 6.07) is 7.11. The lowest BCUT2D eigenvalue weighted by Gasteiger charge is -2.12. The van der Waals surface area contributed by atoms with Crippen molar-refractivity contribution < 1.29 is 22.0 Å². The molecule has 3 N–H and O–H groups in total. The van der Waals surface area contributed by atoms with Crippen LogP contribution in [0.4, 0.5) is 31.8 Å². The van der Waals surface area contributed by atoms with Gasteiger partial charge in [-0.1, -0.05) is 13.0 Å². The third-order valence-corrected chi connectivity index (χ3v) is 7.03. The molecule has 0 aliphatic rings. The summed E-state index contributed by atoms with van der Waals surface area (Å²) in [7, 11) is -3.82. The molecule has 13 heteroatoms. The van der Waals surface area contributed by atoms with Gasteiger partial charge >= 0.3 is 0 Å². The molecule has 0 radical (unpaired) electrons. The zero-order valence-electron chi connectivity index (χ0n) is 17.7. The number of thiophene rings is 1. The molecule has 4 rings (SSSR count). The lowest BCUT2D eigenvalue weighted by Crippen LogP contribution is -2.19. The second-order valence-corrected chi connectivity index (χ2v) is 9.77. The molecule has 0 saturated carbocycles. The predicted molar refractivity (Wildman–Crippen MR) is 127 cm³/mol. The third-order valence-electron chi connectivity index (χ3n) is 4.58. The Kier molecular flexibility index (Phi) is 6.65. The van der Waals surface area contributed by atoms with Crippen molar-refractivity contribution >= 4 is 60.5 Å². The van der Waals surface area contributed by atoms with E-state index in [1.165, 1.54) is 23.0 Å². The fraction of sp³-hybridized carbons (Fsp3) is 0.143. The van der Waals surface area contributed by atoms with Crippen molar-refractivity contribution in [2.24, 2.45) is 0 Å². The molecule has 0 atom stereocenters. The first-order valence-corrected chi connectivity index (χ1v) is 12.5. The first-order chi connectivity index (χ1) is 16.3. The fourth-order valence-electron chi connectivity index (χ4n) is 3.07. The van der Waals surface area contributed by atoms with E-state index in [1.807, 2.05) is 0 Å². The molecule has 34 heavy (non-hydrogen) atoms. The highest BCUT2D eigenvalue weighted by atomic mass is 32.2. The van der Waals surface area contributed by atoms with E-state index >= 15 is 0 Å². The van der Waals surface area contributed by atoms with E-state index in [2.05, 4.69) is 30.3 Å². The van der Waals surface area contributed by atoms with Gasteiger partial charge in [-0.3, -0.25) is 9.52 Å². The molecule has 176 valence electrons. The van der Waals surface area contributed by atoms with Crippen LogP contribution in [0.15, 0.2) is 48.2 Å². The molecule has 0 aliphatic carbocycles. The average molecular weight is 505 g/mol. The van der Waals surface area contributed by atoms with E-state index in [0.717, 1.165) is 12.1 Å². The standard InChI is InChI=1S/C21H18F2N6O3S2/c1-2-9-34(31,32)29-14-7-6-13(22)18(16(14)23)28-21(30)12-10-33-19-17(12)25-11-26-20(19)27-15-5-3-4-8-24-15/h3-8,10-11,29H,2,9H2,1H3,(H,28,30)(H,24,25,26,27). The molecule has 3 aromatic heterocycles. The van der Waals surface area contributed by atoms with Gasteiger partial charge in [0.25, 0.3) is 5.91 Å². The van der Waals surface area contributed by atoms with Crippen molar-refractivity contribution in [3.05, 3.63) is 65.4 Å². The van der Waals surface area contributed by atoms with Crippen molar-refractivity contribution in [2.75, 3.05) is 21.1 Å². The Bertz CT molecular complexity index is 1460. The van der Waals surface area contributed by atoms with Crippen LogP contribution in [0.2, 0.25) is 0 Å². The van der Waals surface area contributed by atoms with Crippen LogP contribution in [0.3, 0.4) is 0 Å². The maximum atomic E-state index is 14.9. The minimum atomic E-state index is -3.82. The quantitative estimate of drug-likeness (QED) is 0.322. The fourth-order valence-corrected chi connectivity index (χ4v) is 5.15. The van der Waals surface area contributed by atoms with Crippen LogP contribution in [0.25, 0.3) is 10.2 Å². The van der Waals surface area contributed by atoms with Gasteiger partial charge in [0.15, 0.2) is 11.6 Å². The molecule has 0 bridgehead atoms. The molecular weight excluding hydrogens is 486 g/mol. The lowest BCUT2D eigenvalue weighted by atomic mass is 10.2. The van der Waals surface area contributed by atoms with Crippen LogP contribution in [0.5, 0.6) is 0 Å². The van der Waals surface area contributed by atoms with Crippen LogP contribution < -0.4 is 15.4 Å². The van der Waals surface area contributed by atoms with Crippen molar-refractivity contribution in [1.82, 2.24) is 15.0 Å². The van der Waals surface area contributed by atoms with Gasteiger partial charge in [0, 0.05) is 11.6 Å². The smallest absolute Gasteiger partial charge is 0.258 e. The highest BCUT2D eigenvalue weighted by molar-refractivity contribution is 7.92. The van der Waals surface area contributed by atoms with Crippen LogP contribution in [0, 0.1) is 11.6 Å². The molecule has 0 spiro atoms. The molecule has 0 aliphatic heterocycles. The van der Waals surface area contributed by atoms with E-state index < -0.39 is 38.9 Å². The number of carbonyl (C=O) groups is 1. The van der Waals surface area contributed by atoms with Crippen LogP contribution in [0.1, 0.15) is 23.7 Å². The molecule has 4 aromatic rings. The van der Waals surface area contributed by atoms with Gasteiger partial charge in [-0.2, -0.15) is 0 Å². The summed E-state index contributed by atoms with van der Waals surface area (Å²) in [5.41, 5.74) is -0.898. The van der Waals surface area contributed by atoms with Crippen molar-refractivity contribution in [2.45, 2.75) is 13.3 Å². The number of halogens is 2. The summed E-state index contributed by atoms with van der Waals surface area (Å²) in [6.45, 7) is 1.65. The van der Waals surface area contributed by atoms with Gasteiger partial charge in [0.2, 0.25) is 10.0 Å². The zero-order chi connectivity index (χ0) is 24.3. The van der Waals surface area contributed by atoms with E-state index in [0.29, 0.717) is 22.8 Å². The topological polar surface area (TPSA) is 126 Å². The average Bonchev–Trinajstić information content (AvgIpc) is 3.24. The molecular formula is C21H18F2N6O3S2. The number of nitrogens with one attached hydrogen (secondary N) is 3. The lowest BCUT2D eigenvalue weighted by molar-refractivity contribution is 0.102. The number of nitrogens with zero attached hydrogens (tertiary/aromatic N) is 3. The largest absolute Gasteiger partial charge is 0.324 e. The molecule has 0 unspecified atom stereocenters. The Morgan fingerprint density at radius 1 is 1.12 bits per heavy atom. The number of rotatable bonds is 8. The highest BCUT2D eigenvalue weighted by Gasteiger charge is 2.22. The molecule has 1 aromatic carbocycles. The normalized spacial score (nSPS) is 11.4. The van der Waals surface area contributed by atoms with Gasteiger partial charge in [0.05, 0.1) is 27.2 Å². The maximum Gasteiger partial charge on any atom is 0.258 e. The number of benzene rings is 1. The number of aromatic nitrogens is 3. The zero-order valence-corrected chi connectivity index (χ0v) is 19.3. The second kappa shape index (κ2) is 9.65. The van der Waals surface area contributed by atoms with E-state index in [9.17, 15) is 22.0 Å². The van der Waals surface area contributed by atoms with E-state index in [-0.39, 0.29) is 16.8 Å². The Labute approximate surface area is 197 Å². The van der Waals surface area contributed by atoms with E-state index in [4.69, 9.17) is 0 Å². The molecule has 0 saturated heterocycles. The first-order valence-electron chi connectivity index (χ1n) is 9.99. The van der Waals surface area contributed by atoms with Crippen molar-refractivity contribution in [1.29, 1.82) is 0 Å². The maximum absolute atomic E-state index is 14.9. The van der Waals surface area contributed by atoms with Gasteiger partial charge in [-0.25, -0.2) is 32.2 Å². The van der Waals surface area contributed by atoms with E-state index in [1.54, 1.807) is 31.3 Å². The third kappa shape index (κ3) is 4.94. The summed E-state index contributed by atoms with van der Waals surface area (Å²) in [4.78, 5) is 25.4. The van der Waals surface area contributed by atoms with Gasteiger partial charge < -0.3 is 10.6 Å². The first kappa shape index (κ1) is 23.4. The SMILES string of the molecule is CCCS(=O)(=O)Nc1ccc(F)c(NC(=O)c2csc3c(Nc4ccccn4)ncnc23)c1F. The van der Waals surface area contributed by atoms with Crippen LogP contribution >= 0.6 is 11.3 Å². The summed E-state index contributed by atoms with van der Waals surface area (Å²) in [6.07, 6.45) is 3.17. The Morgan fingerprint density at radius 2 is 1.94 bits per heavy atom. The Morgan fingerprint density at radius 3 is 2.68 bits per heavy atom. The number of sulfonamides is 1. The number of hydrogen-bond acceptors (Lipinski definition) is 8. The number of anilines is 4. The van der Waals surface area contributed by atoms with Crippen molar-refractivity contribution in [3.8, 4) is 0 Å². The molecule has 1 amide bonds. The number of hydrogen-bond donors (Lipinski definition) is 3. The van der Waals surface area contributed by atoms with Gasteiger partial charge in [0.1, 0.15) is 23.6 Å². The summed E-state index contributed by atoms with van der Waals surface area (Å²) >= 11 is 1.17. The molecule has 9 nitrogen and oxygen atoms in total. The molecule has 0 fully saturated rings. The second-order valence-electron chi connectivity index (χ2n) is 7.05. The minimum absolute atomic E-state index is 0.0715. The summed E-state index contributed by atoms with van der Waals surface area (Å²) in [5, 5.41) is 6.72.